The lowest BCUT2D eigenvalue weighted by molar-refractivity contribution is 0.797. The molecule has 0 radical (unpaired) electrons. The number of nitrogen functional groups attached to an aromatic ring is 1. The highest BCUT2D eigenvalue weighted by atomic mass is 15.2. The molecule has 0 amide bonds. The lowest BCUT2D eigenvalue weighted by atomic mass is 9.97. The van der Waals surface area contributed by atoms with E-state index in [0.29, 0.717) is 0 Å². The van der Waals surface area contributed by atoms with Gasteiger partial charge in [0.25, 0.3) is 0 Å². The Labute approximate surface area is 135 Å². The van der Waals surface area contributed by atoms with Crippen LogP contribution >= 0.6 is 0 Å². The lowest BCUT2D eigenvalue weighted by Crippen LogP contribution is -1.88. The maximum absolute atomic E-state index is 5.91. The minimum atomic E-state index is 0.780. The highest BCUT2D eigenvalue weighted by Gasteiger charge is 2.08. The van der Waals surface area contributed by atoms with Crippen molar-refractivity contribution in [1.29, 1.82) is 0 Å². The summed E-state index contributed by atoms with van der Waals surface area (Å²) in [4.78, 5) is 0. The van der Waals surface area contributed by atoms with E-state index in [9.17, 15) is 0 Å². The number of fused-ring (bicyclic) bond motifs is 1. The summed E-state index contributed by atoms with van der Waals surface area (Å²) >= 11 is 0. The second-order valence-electron chi connectivity index (χ2n) is 5.71. The predicted octanol–water partition coefficient (Wildman–Crippen LogP) is 4.49. The van der Waals surface area contributed by atoms with E-state index in [-0.39, 0.29) is 0 Å². The number of hydrogen-bond acceptors (Lipinski definition) is 2. The monoisotopic (exact) mass is 299 g/mol. The maximum atomic E-state index is 5.91. The first-order valence-electron chi connectivity index (χ1n) is 7.59. The van der Waals surface area contributed by atoms with Crippen LogP contribution in [0.15, 0.2) is 72.9 Å². The van der Waals surface area contributed by atoms with Gasteiger partial charge in [-0.15, -0.1) is 0 Å². The topological polar surface area (TPSA) is 43.8 Å². The number of aromatic nitrogens is 2. The average Bonchev–Trinajstić information content (AvgIpc) is 2.96. The summed E-state index contributed by atoms with van der Waals surface area (Å²) in [5.74, 6) is 0. The van der Waals surface area contributed by atoms with Gasteiger partial charge in [0, 0.05) is 18.1 Å². The molecule has 3 heteroatoms. The molecule has 0 bridgehead atoms. The molecule has 4 rings (SSSR count). The molecule has 1 aromatic heterocycles. The summed E-state index contributed by atoms with van der Waals surface area (Å²) in [6.07, 6.45) is 1.93. The van der Waals surface area contributed by atoms with Crippen molar-refractivity contribution in [3.05, 3.63) is 72.9 Å². The molecule has 0 aliphatic carbocycles. The first-order valence-corrected chi connectivity index (χ1v) is 7.59. The highest BCUT2D eigenvalue weighted by Crippen LogP contribution is 2.31. The van der Waals surface area contributed by atoms with Crippen LogP contribution in [0, 0.1) is 0 Å². The zero-order valence-corrected chi connectivity index (χ0v) is 12.9. The van der Waals surface area contributed by atoms with Gasteiger partial charge in [-0.1, -0.05) is 42.5 Å². The van der Waals surface area contributed by atoms with E-state index in [0.717, 1.165) is 22.3 Å². The third-order valence-electron chi connectivity index (χ3n) is 4.19. The standard InChI is InChI=1S/C20H17N3/c1-23-20-10-4-9-18(19(20)13-22-23)16-7-2-5-14(11-16)15-6-3-8-17(21)12-15/h2-13H,21H2,1H3. The minimum absolute atomic E-state index is 0.780. The Balaban J connectivity index is 1.88. The highest BCUT2D eigenvalue weighted by molar-refractivity contribution is 5.95. The third-order valence-corrected chi connectivity index (χ3v) is 4.19. The molecule has 23 heavy (non-hydrogen) atoms. The number of benzene rings is 3. The van der Waals surface area contributed by atoms with E-state index < -0.39 is 0 Å². The first-order chi connectivity index (χ1) is 11.2. The van der Waals surface area contributed by atoms with Crippen LogP contribution < -0.4 is 5.73 Å². The zero-order valence-electron chi connectivity index (χ0n) is 12.9. The molecule has 3 nitrogen and oxygen atoms in total. The molecule has 0 atom stereocenters. The molecule has 0 aliphatic heterocycles. The lowest BCUT2D eigenvalue weighted by Gasteiger charge is -2.08. The molecule has 112 valence electrons. The third kappa shape index (κ3) is 2.36. The summed E-state index contributed by atoms with van der Waals surface area (Å²) < 4.78 is 1.90. The van der Waals surface area contributed by atoms with Crippen molar-refractivity contribution in [3.8, 4) is 22.3 Å². The molecule has 0 spiro atoms. The smallest absolute Gasteiger partial charge is 0.0685 e. The first kappa shape index (κ1) is 13.6. The molecule has 0 fully saturated rings. The van der Waals surface area contributed by atoms with Crippen LogP contribution in [0.3, 0.4) is 0 Å². The Morgan fingerprint density at radius 3 is 2.35 bits per heavy atom. The molecule has 0 saturated heterocycles. The van der Waals surface area contributed by atoms with E-state index in [4.69, 9.17) is 5.73 Å². The molecule has 4 aromatic rings. The summed E-state index contributed by atoms with van der Waals surface area (Å²) in [5, 5.41) is 5.54. The Morgan fingerprint density at radius 2 is 1.52 bits per heavy atom. The Hall–Kier alpha value is -3.07. The van der Waals surface area contributed by atoms with Crippen LogP contribution in [0.1, 0.15) is 0 Å². The van der Waals surface area contributed by atoms with Gasteiger partial charge in [-0.05, 0) is 46.5 Å². The van der Waals surface area contributed by atoms with E-state index in [1.165, 1.54) is 16.5 Å². The van der Waals surface area contributed by atoms with Crippen LogP contribution in [0.2, 0.25) is 0 Å². The largest absolute Gasteiger partial charge is 0.399 e. The van der Waals surface area contributed by atoms with Crippen molar-refractivity contribution in [2.24, 2.45) is 7.05 Å². The van der Waals surface area contributed by atoms with E-state index in [1.54, 1.807) is 0 Å². The SMILES string of the molecule is Cn1ncc2c(-c3cccc(-c4cccc(N)c4)c3)cccc21. The molecule has 2 N–H and O–H groups in total. The fourth-order valence-corrected chi connectivity index (χ4v) is 3.01. The van der Waals surface area contributed by atoms with E-state index in [1.807, 2.05) is 36.1 Å². The van der Waals surface area contributed by atoms with Gasteiger partial charge in [0.2, 0.25) is 0 Å². The summed E-state index contributed by atoms with van der Waals surface area (Å²) in [5.41, 5.74) is 12.5. The van der Waals surface area contributed by atoms with Crippen molar-refractivity contribution in [1.82, 2.24) is 9.78 Å². The van der Waals surface area contributed by atoms with Gasteiger partial charge in [-0.25, -0.2) is 0 Å². The second-order valence-corrected chi connectivity index (χ2v) is 5.71. The minimum Gasteiger partial charge on any atom is -0.399 e. The van der Waals surface area contributed by atoms with Crippen LogP contribution in [0.5, 0.6) is 0 Å². The number of aryl methyl sites for hydroxylation is 1. The average molecular weight is 299 g/mol. The van der Waals surface area contributed by atoms with Crippen LogP contribution in [0.4, 0.5) is 5.69 Å². The van der Waals surface area contributed by atoms with Crippen LogP contribution in [-0.2, 0) is 7.05 Å². The van der Waals surface area contributed by atoms with E-state index >= 15 is 0 Å². The summed E-state index contributed by atoms with van der Waals surface area (Å²) in [7, 11) is 1.97. The van der Waals surface area contributed by atoms with Gasteiger partial charge in [-0.2, -0.15) is 5.10 Å². The van der Waals surface area contributed by atoms with Crippen LogP contribution in [-0.4, -0.2) is 9.78 Å². The quantitative estimate of drug-likeness (QED) is 0.554. The normalized spacial score (nSPS) is 11.0. The number of anilines is 1. The number of rotatable bonds is 2. The van der Waals surface area contributed by atoms with Crippen molar-refractivity contribution in [2.75, 3.05) is 5.73 Å². The molecule has 0 unspecified atom stereocenters. The molecular formula is C20H17N3. The molecular weight excluding hydrogens is 282 g/mol. The molecule has 3 aromatic carbocycles. The molecule has 0 aliphatic rings. The van der Waals surface area contributed by atoms with Gasteiger partial charge < -0.3 is 5.73 Å². The Bertz CT molecular complexity index is 999. The van der Waals surface area contributed by atoms with Crippen LogP contribution in [0.25, 0.3) is 33.2 Å². The fourth-order valence-electron chi connectivity index (χ4n) is 3.01. The van der Waals surface area contributed by atoms with Gasteiger partial charge in [-0.3, -0.25) is 4.68 Å². The maximum Gasteiger partial charge on any atom is 0.0685 e. The van der Waals surface area contributed by atoms with Gasteiger partial charge in [0.05, 0.1) is 11.7 Å². The number of hydrogen-bond donors (Lipinski definition) is 1. The Kier molecular flexibility index (Phi) is 3.12. The van der Waals surface area contributed by atoms with Crippen molar-refractivity contribution in [3.63, 3.8) is 0 Å². The van der Waals surface area contributed by atoms with Gasteiger partial charge in [0.15, 0.2) is 0 Å². The summed E-state index contributed by atoms with van der Waals surface area (Å²) in [6.45, 7) is 0. The Morgan fingerprint density at radius 1 is 0.826 bits per heavy atom. The second kappa shape index (κ2) is 5.29. The molecule has 0 saturated carbocycles. The van der Waals surface area contributed by atoms with E-state index in [2.05, 4.69) is 53.6 Å². The van der Waals surface area contributed by atoms with Crippen molar-refractivity contribution >= 4 is 16.6 Å². The summed E-state index contributed by atoms with van der Waals surface area (Å²) in [6, 6.07) is 22.8. The molecule has 1 heterocycles. The van der Waals surface area contributed by atoms with Gasteiger partial charge in [0.1, 0.15) is 0 Å². The zero-order chi connectivity index (χ0) is 15.8. The van der Waals surface area contributed by atoms with Crippen molar-refractivity contribution in [2.45, 2.75) is 0 Å². The van der Waals surface area contributed by atoms with Gasteiger partial charge >= 0.3 is 0 Å². The predicted molar refractivity (Wildman–Crippen MR) is 96.0 cm³/mol. The fraction of sp³-hybridized carbons (Fsp3) is 0.0500. The van der Waals surface area contributed by atoms with Crippen molar-refractivity contribution < 1.29 is 0 Å². The number of nitrogens with zero attached hydrogens (tertiary/aromatic N) is 2. The number of nitrogens with two attached hydrogens (primary N) is 1.